The van der Waals surface area contributed by atoms with Crippen molar-refractivity contribution in [3.8, 4) is 0 Å². The van der Waals surface area contributed by atoms with E-state index in [1.54, 1.807) is 30.5 Å². The number of carboxylic acids is 1. The van der Waals surface area contributed by atoms with Crippen molar-refractivity contribution in [3.05, 3.63) is 59.4 Å². The van der Waals surface area contributed by atoms with Crippen LogP contribution in [0.25, 0.3) is 0 Å². The summed E-state index contributed by atoms with van der Waals surface area (Å²) in [6.45, 7) is 6.27. The van der Waals surface area contributed by atoms with E-state index in [0.29, 0.717) is 17.8 Å². The molecule has 5 nitrogen and oxygen atoms in total. The van der Waals surface area contributed by atoms with Gasteiger partial charge in [-0.15, -0.1) is 0 Å². The molecule has 0 aliphatic rings. The molecule has 0 saturated carbocycles. The molecule has 1 aromatic carbocycles. The van der Waals surface area contributed by atoms with Gasteiger partial charge in [-0.25, -0.2) is 0 Å². The van der Waals surface area contributed by atoms with Gasteiger partial charge in [0.2, 0.25) is 0 Å². The molecule has 0 radical (unpaired) electrons. The lowest BCUT2D eigenvalue weighted by Gasteiger charge is -2.18. The Hall–Kier alpha value is -2.69. The number of hydrogen-bond donors (Lipinski definition) is 2. The third kappa shape index (κ3) is 4.91. The molecule has 0 saturated heterocycles. The van der Waals surface area contributed by atoms with Crippen LogP contribution in [-0.2, 0) is 16.6 Å². The molecule has 0 spiro atoms. The van der Waals surface area contributed by atoms with Crippen molar-refractivity contribution in [2.45, 2.75) is 39.0 Å². The van der Waals surface area contributed by atoms with Crippen LogP contribution in [0.1, 0.15) is 48.8 Å². The Morgan fingerprint density at radius 1 is 1.17 bits per heavy atom. The number of aliphatic carboxylic acids is 1. The second-order valence-electron chi connectivity index (χ2n) is 6.73. The average Bonchev–Trinajstić information content (AvgIpc) is 2.52. The topological polar surface area (TPSA) is 79.3 Å². The molecule has 2 N–H and O–H groups in total. The summed E-state index contributed by atoms with van der Waals surface area (Å²) in [7, 11) is 0. The van der Waals surface area contributed by atoms with Crippen molar-refractivity contribution in [3.63, 3.8) is 0 Å². The SMILES string of the molecule is CC(C)(C)c1ccc(C(=O)Nc2cccc(CCC(=O)O)c2)nc1. The fourth-order valence-electron chi connectivity index (χ4n) is 2.22. The molecule has 1 heterocycles. The maximum Gasteiger partial charge on any atom is 0.303 e. The third-order valence-corrected chi connectivity index (χ3v) is 3.67. The Labute approximate surface area is 141 Å². The number of carbonyl (C=O) groups excluding carboxylic acids is 1. The highest BCUT2D eigenvalue weighted by molar-refractivity contribution is 6.02. The normalized spacial score (nSPS) is 11.1. The smallest absolute Gasteiger partial charge is 0.303 e. The van der Waals surface area contributed by atoms with Crippen molar-refractivity contribution in [1.82, 2.24) is 4.98 Å². The number of nitrogens with one attached hydrogen (secondary N) is 1. The van der Waals surface area contributed by atoms with E-state index in [1.807, 2.05) is 12.1 Å². The Bertz CT molecular complexity index is 731. The van der Waals surface area contributed by atoms with Crippen molar-refractivity contribution < 1.29 is 14.7 Å². The average molecular weight is 326 g/mol. The van der Waals surface area contributed by atoms with Gasteiger partial charge in [0, 0.05) is 18.3 Å². The first kappa shape index (κ1) is 17.7. The molecule has 126 valence electrons. The molecule has 0 fully saturated rings. The molecule has 0 unspecified atom stereocenters. The van der Waals surface area contributed by atoms with Crippen LogP contribution >= 0.6 is 0 Å². The molecule has 1 amide bonds. The van der Waals surface area contributed by atoms with E-state index in [0.717, 1.165) is 11.1 Å². The van der Waals surface area contributed by atoms with Gasteiger partial charge in [0.25, 0.3) is 5.91 Å². The minimum absolute atomic E-state index is 0.0134. The van der Waals surface area contributed by atoms with Gasteiger partial charge in [0.15, 0.2) is 0 Å². The fourth-order valence-corrected chi connectivity index (χ4v) is 2.22. The molecular formula is C19H22N2O3. The molecule has 0 aliphatic carbocycles. The maximum absolute atomic E-state index is 12.3. The van der Waals surface area contributed by atoms with Crippen LogP contribution in [0.2, 0.25) is 0 Å². The summed E-state index contributed by atoms with van der Waals surface area (Å²) in [6, 6.07) is 10.8. The van der Waals surface area contributed by atoms with E-state index < -0.39 is 5.97 Å². The van der Waals surface area contributed by atoms with Crippen molar-refractivity contribution >= 4 is 17.6 Å². The zero-order valence-corrected chi connectivity index (χ0v) is 14.2. The summed E-state index contributed by atoms with van der Waals surface area (Å²) in [5, 5.41) is 11.5. The van der Waals surface area contributed by atoms with Gasteiger partial charge in [0.1, 0.15) is 5.69 Å². The molecule has 5 heteroatoms. The molecule has 0 aliphatic heterocycles. The monoisotopic (exact) mass is 326 g/mol. The number of anilines is 1. The molecular weight excluding hydrogens is 304 g/mol. The third-order valence-electron chi connectivity index (χ3n) is 3.67. The van der Waals surface area contributed by atoms with E-state index in [1.165, 1.54) is 0 Å². The van der Waals surface area contributed by atoms with E-state index in [4.69, 9.17) is 5.11 Å². The van der Waals surface area contributed by atoms with E-state index in [2.05, 4.69) is 31.1 Å². The lowest BCUT2D eigenvalue weighted by atomic mass is 9.88. The van der Waals surface area contributed by atoms with Crippen LogP contribution in [0.4, 0.5) is 5.69 Å². The lowest BCUT2D eigenvalue weighted by Crippen LogP contribution is -2.16. The Kier molecular flexibility index (Phi) is 5.34. The number of benzene rings is 1. The first-order chi connectivity index (χ1) is 11.3. The van der Waals surface area contributed by atoms with Gasteiger partial charge in [-0.1, -0.05) is 39.0 Å². The zero-order chi connectivity index (χ0) is 17.7. The first-order valence-corrected chi connectivity index (χ1v) is 7.84. The summed E-state index contributed by atoms with van der Waals surface area (Å²) < 4.78 is 0. The maximum atomic E-state index is 12.3. The summed E-state index contributed by atoms with van der Waals surface area (Å²) in [5.41, 5.74) is 2.89. The summed E-state index contributed by atoms with van der Waals surface area (Å²) in [6.07, 6.45) is 2.21. The van der Waals surface area contributed by atoms with Crippen LogP contribution in [0.3, 0.4) is 0 Å². The molecule has 1 aromatic heterocycles. The number of carbonyl (C=O) groups is 2. The number of carboxylic acid groups (broad SMARTS) is 1. The number of aromatic nitrogens is 1. The fraction of sp³-hybridized carbons (Fsp3) is 0.316. The molecule has 0 bridgehead atoms. The minimum atomic E-state index is -0.840. The van der Waals surface area contributed by atoms with E-state index in [-0.39, 0.29) is 17.7 Å². The highest BCUT2D eigenvalue weighted by atomic mass is 16.4. The van der Waals surface area contributed by atoms with Crippen molar-refractivity contribution in [2.75, 3.05) is 5.32 Å². The van der Waals surface area contributed by atoms with Crippen LogP contribution in [-0.4, -0.2) is 22.0 Å². The predicted molar refractivity (Wildman–Crippen MR) is 93.3 cm³/mol. The van der Waals surface area contributed by atoms with Gasteiger partial charge in [0.05, 0.1) is 0 Å². The first-order valence-electron chi connectivity index (χ1n) is 7.84. The number of hydrogen-bond acceptors (Lipinski definition) is 3. The van der Waals surface area contributed by atoms with Crippen molar-refractivity contribution in [2.24, 2.45) is 0 Å². The predicted octanol–water partition coefficient (Wildman–Crippen LogP) is 3.65. The van der Waals surface area contributed by atoms with Crippen LogP contribution in [0.5, 0.6) is 0 Å². The molecule has 2 rings (SSSR count). The van der Waals surface area contributed by atoms with E-state index >= 15 is 0 Å². The molecule has 2 aromatic rings. The minimum Gasteiger partial charge on any atom is -0.481 e. The van der Waals surface area contributed by atoms with Gasteiger partial charge < -0.3 is 10.4 Å². The number of aryl methyl sites for hydroxylation is 1. The highest BCUT2D eigenvalue weighted by Crippen LogP contribution is 2.21. The van der Waals surface area contributed by atoms with Crippen molar-refractivity contribution in [1.29, 1.82) is 0 Å². The summed E-state index contributed by atoms with van der Waals surface area (Å²) in [5.74, 6) is -1.13. The Morgan fingerprint density at radius 2 is 1.92 bits per heavy atom. The largest absolute Gasteiger partial charge is 0.481 e. The van der Waals surface area contributed by atoms with Crippen LogP contribution in [0.15, 0.2) is 42.6 Å². The standard InChI is InChI=1S/C19H22N2O3/c1-19(2,3)14-8-9-16(20-12-14)18(24)21-15-6-4-5-13(11-15)7-10-17(22)23/h4-6,8-9,11-12H,7,10H2,1-3H3,(H,21,24)(H,22,23). The number of amides is 1. The van der Waals surface area contributed by atoms with Crippen LogP contribution < -0.4 is 5.32 Å². The van der Waals surface area contributed by atoms with E-state index in [9.17, 15) is 9.59 Å². The molecule has 0 atom stereocenters. The van der Waals surface area contributed by atoms with Gasteiger partial charge >= 0.3 is 5.97 Å². The highest BCUT2D eigenvalue weighted by Gasteiger charge is 2.15. The van der Waals surface area contributed by atoms with Gasteiger partial charge in [-0.05, 0) is 41.2 Å². The summed E-state index contributed by atoms with van der Waals surface area (Å²) >= 11 is 0. The number of nitrogens with zero attached hydrogens (tertiary/aromatic N) is 1. The van der Waals surface area contributed by atoms with Crippen LogP contribution in [0, 0.1) is 0 Å². The second kappa shape index (κ2) is 7.25. The van der Waals surface area contributed by atoms with Gasteiger partial charge in [-0.3, -0.25) is 14.6 Å². The summed E-state index contributed by atoms with van der Waals surface area (Å²) in [4.78, 5) is 27.2. The Morgan fingerprint density at radius 3 is 2.50 bits per heavy atom. The quantitative estimate of drug-likeness (QED) is 0.879. The van der Waals surface area contributed by atoms with Gasteiger partial charge in [-0.2, -0.15) is 0 Å². The number of pyridine rings is 1. The number of rotatable bonds is 5. The molecule has 24 heavy (non-hydrogen) atoms. The lowest BCUT2D eigenvalue weighted by molar-refractivity contribution is -0.136. The Balaban J connectivity index is 2.06. The second-order valence-corrected chi connectivity index (χ2v) is 6.73. The zero-order valence-electron chi connectivity index (χ0n) is 14.2.